The van der Waals surface area contributed by atoms with Gasteiger partial charge >= 0.3 is 6.03 Å². The van der Waals surface area contributed by atoms with Gasteiger partial charge in [0.2, 0.25) is 0 Å². The van der Waals surface area contributed by atoms with Crippen LogP contribution in [0.5, 0.6) is 5.75 Å². The van der Waals surface area contributed by atoms with Gasteiger partial charge < -0.3 is 14.6 Å². The van der Waals surface area contributed by atoms with Gasteiger partial charge in [0.05, 0.1) is 6.54 Å². The molecule has 2 rings (SSSR count). The summed E-state index contributed by atoms with van der Waals surface area (Å²) in [5.41, 5.74) is 0. The lowest BCUT2D eigenvalue weighted by atomic mass is 10.3. The summed E-state index contributed by atoms with van der Waals surface area (Å²) in [6.07, 6.45) is 0. The molecule has 0 aliphatic heterocycles. The molecule has 1 heterocycles. The molecule has 2 amide bonds. The van der Waals surface area contributed by atoms with Gasteiger partial charge in [-0.3, -0.25) is 5.32 Å². The van der Waals surface area contributed by atoms with E-state index in [0.29, 0.717) is 35.5 Å². The molecular weight excluding hydrogens is 282 g/mol. The average molecular weight is 296 g/mol. The number of benzene rings is 1. The highest BCUT2D eigenvalue weighted by Crippen LogP contribution is 2.15. The van der Waals surface area contributed by atoms with Crippen molar-refractivity contribution in [2.24, 2.45) is 0 Å². The first-order valence-corrected chi connectivity index (χ1v) is 6.38. The fourth-order valence-corrected chi connectivity index (χ4v) is 1.58. The first kappa shape index (κ1) is 14.2. The van der Waals surface area contributed by atoms with Crippen molar-refractivity contribution < 1.29 is 14.1 Å². The molecule has 1 aromatic heterocycles. The van der Waals surface area contributed by atoms with Gasteiger partial charge in [0.15, 0.2) is 5.82 Å². The maximum Gasteiger partial charge on any atom is 0.320 e. The number of halogens is 1. The van der Waals surface area contributed by atoms with Gasteiger partial charge in [0, 0.05) is 11.1 Å². The highest BCUT2D eigenvalue weighted by atomic mass is 35.5. The zero-order valence-corrected chi connectivity index (χ0v) is 11.6. The Labute approximate surface area is 121 Å². The Hall–Kier alpha value is -2.21. The van der Waals surface area contributed by atoms with E-state index < -0.39 is 0 Å². The number of nitrogens with one attached hydrogen (secondary N) is 2. The third-order valence-electron chi connectivity index (χ3n) is 2.34. The number of nitrogens with zero attached hydrogens (tertiary/aromatic N) is 1. The van der Waals surface area contributed by atoms with Gasteiger partial charge in [0.1, 0.15) is 18.1 Å². The van der Waals surface area contributed by atoms with Crippen LogP contribution in [0.15, 0.2) is 34.9 Å². The van der Waals surface area contributed by atoms with Gasteiger partial charge in [-0.05, 0) is 31.2 Å². The van der Waals surface area contributed by atoms with Crippen molar-refractivity contribution in [3.63, 3.8) is 0 Å². The smallest absolute Gasteiger partial charge is 0.320 e. The second-order valence-corrected chi connectivity index (χ2v) is 4.44. The molecule has 0 radical (unpaired) electrons. The molecule has 0 bridgehead atoms. The quantitative estimate of drug-likeness (QED) is 0.832. The number of urea groups is 1. The van der Waals surface area contributed by atoms with Crippen LogP contribution in [-0.4, -0.2) is 24.3 Å². The zero-order chi connectivity index (χ0) is 14.4. The molecule has 106 valence electrons. The summed E-state index contributed by atoms with van der Waals surface area (Å²) in [6.45, 7) is 2.47. The van der Waals surface area contributed by atoms with Crippen LogP contribution in [0.25, 0.3) is 0 Å². The summed E-state index contributed by atoms with van der Waals surface area (Å²) in [6, 6.07) is 8.27. The Morgan fingerprint density at radius 1 is 1.40 bits per heavy atom. The van der Waals surface area contributed by atoms with Crippen molar-refractivity contribution >= 4 is 23.4 Å². The SMILES string of the molecule is Cc1cc(NC(=O)NCCOc2ccc(Cl)cc2)no1. The normalized spacial score (nSPS) is 10.1. The number of ether oxygens (including phenoxy) is 1. The molecule has 2 N–H and O–H groups in total. The van der Waals surface area contributed by atoms with Gasteiger partial charge in [-0.1, -0.05) is 16.8 Å². The molecule has 0 aliphatic rings. The summed E-state index contributed by atoms with van der Waals surface area (Å²) in [5, 5.41) is 9.48. The van der Waals surface area contributed by atoms with Crippen molar-refractivity contribution in [3.05, 3.63) is 41.1 Å². The van der Waals surface area contributed by atoms with E-state index in [4.69, 9.17) is 20.9 Å². The molecule has 7 heteroatoms. The lowest BCUT2D eigenvalue weighted by molar-refractivity contribution is 0.247. The van der Waals surface area contributed by atoms with Crippen LogP contribution in [0.4, 0.5) is 10.6 Å². The third kappa shape index (κ3) is 4.47. The van der Waals surface area contributed by atoms with E-state index in [1.54, 1.807) is 37.3 Å². The maximum absolute atomic E-state index is 11.5. The Balaban J connectivity index is 1.65. The van der Waals surface area contributed by atoms with Crippen molar-refractivity contribution in [2.75, 3.05) is 18.5 Å². The van der Waals surface area contributed by atoms with Crippen molar-refractivity contribution in [1.82, 2.24) is 10.5 Å². The standard InChI is InChI=1S/C13H14ClN3O3/c1-9-8-12(17-20-9)16-13(18)15-6-7-19-11-4-2-10(14)3-5-11/h2-5,8H,6-7H2,1H3,(H2,15,16,17,18). The highest BCUT2D eigenvalue weighted by Gasteiger charge is 2.04. The van der Waals surface area contributed by atoms with E-state index in [-0.39, 0.29) is 6.03 Å². The Morgan fingerprint density at radius 3 is 2.80 bits per heavy atom. The van der Waals surface area contributed by atoms with Crippen LogP contribution in [0, 0.1) is 6.92 Å². The molecule has 0 atom stereocenters. The fourth-order valence-electron chi connectivity index (χ4n) is 1.45. The van der Waals surface area contributed by atoms with E-state index in [1.807, 2.05) is 0 Å². The Morgan fingerprint density at radius 2 is 2.15 bits per heavy atom. The van der Waals surface area contributed by atoms with Crippen LogP contribution in [0.1, 0.15) is 5.76 Å². The second-order valence-electron chi connectivity index (χ2n) is 4.01. The summed E-state index contributed by atoms with van der Waals surface area (Å²) < 4.78 is 10.3. The minimum Gasteiger partial charge on any atom is -0.492 e. The summed E-state index contributed by atoms with van der Waals surface area (Å²) in [4.78, 5) is 11.5. The molecule has 0 unspecified atom stereocenters. The number of carbonyl (C=O) groups is 1. The number of anilines is 1. The third-order valence-corrected chi connectivity index (χ3v) is 2.59. The van der Waals surface area contributed by atoms with E-state index in [1.165, 1.54) is 0 Å². The molecule has 0 aliphatic carbocycles. The average Bonchev–Trinajstić information content (AvgIpc) is 2.82. The Kier molecular flexibility index (Phi) is 4.84. The maximum atomic E-state index is 11.5. The Bertz CT molecular complexity index is 568. The topological polar surface area (TPSA) is 76.4 Å². The summed E-state index contributed by atoms with van der Waals surface area (Å²) >= 11 is 5.76. The monoisotopic (exact) mass is 295 g/mol. The van der Waals surface area contributed by atoms with Gasteiger partial charge in [0.25, 0.3) is 0 Å². The molecule has 2 aromatic rings. The van der Waals surface area contributed by atoms with Gasteiger partial charge in [-0.2, -0.15) is 0 Å². The van der Waals surface area contributed by atoms with Crippen LogP contribution >= 0.6 is 11.6 Å². The van der Waals surface area contributed by atoms with Crippen molar-refractivity contribution in [2.45, 2.75) is 6.92 Å². The predicted octanol–water partition coefficient (Wildman–Crippen LogP) is 2.84. The molecular formula is C13H14ClN3O3. The summed E-state index contributed by atoms with van der Waals surface area (Å²) in [5.74, 6) is 1.70. The second kappa shape index (κ2) is 6.81. The molecule has 0 saturated carbocycles. The van der Waals surface area contributed by atoms with Crippen LogP contribution in [-0.2, 0) is 0 Å². The van der Waals surface area contributed by atoms with E-state index in [2.05, 4.69) is 15.8 Å². The number of aryl methyl sites for hydroxylation is 1. The van der Waals surface area contributed by atoms with Gasteiger partial charge in [-0.25, -0.2) is 4.79 Å². The van der Waals surface area contributed by atoms with Crippen LogP contribution < -0.4 is 15.4 Å². The first-order chi connectivity index (χ1) is 9.63. The van der Waals surface area contributed by atoms with Gasteiger partial charge in [-0.15, -0.1) is 0 Å². The number of rotatable bonds is 5. The molecule has 20 heavy (non-hydrogen) atoms. The molecule has 0 spiro atoms. The fraction of sp³-hybridized carbons (Fsp3) is 0.231. The predicted molar refractivity (Wildman–Crippen MR) is 75.2 cm³/mol. The van der Waals surface area contributed by atoms with E-state index in [0.717, 1.165) is 0 Å². The lowest BCUT2D eigenvalue weighted by Crippen LogP contribution is -2.32. The molecule has 6 nitrogen and oxygen atoms in total. The number of hydrogen-bond acceptors (Lipinski definition) is 4. The minimum absolute atomic E-state index is 0.354. The molecule has 1 aromatic carbocycles. The number of carbonyl (C=O) groups excluding carboxylic acids is 1. The first-order valence-electron chi connectivity index (χ1n) is 6.00. The molecule has 0 saturated heterocycles. The van der Waals surface area contributed by atoms with E-state index in [9.17, 15) is 4.79 Å². The largest absolute Gasteiger partial charge is 0.492 e. The van der Waals surface area contributed by atoms with E-state index >= 15 is 0 Å². The van der Waals surface area contributed by atoms with Crippen LogP contribution in [0.2, 0.25) is 5.02 Å². The van der Waals surface area contributed by atoms with Crippen molar-refractivity contribution in [1.29, 1.82) is 0 Å². The molecule has 0 fully saturated rings. The van der Waals surface area contributed by atoms with Crippen LogP contribution in [0.3, 0.4) is 0 Å². The lowest BCUT2D eigenvalue weighted by Gasteiger charge is -2.07. The number of hydrogen-bond donors (Lipinski definition) is 2. The minimum atomic E-state index is -0.363. The number of aromatic nitrogens is 1. The highest BCUT2D eigenvalue weighted by molar-refractivity contribution is 6.30. The zero-order valence-electron chi connectivity index (χ0n) is 10.9. The number of amides is 2. The van der Waals surface area contributed by atoms with Crippen molar-refractivity contribution in [3.8, 4) is 5.75 Å². The summed E-state index contributed by atoms with van der Waals surface area (Å²) in [7, 11) is 0.